The second kappa shape index (κ2) is 5.12. The van der Waals surface area contributed by atoms with Crippen LogP contribution in [-0.2, 0) is 6.54 Å². The zero-order valence-electron chi connectivity index (χ0n) is 9.90. The van der Waals surface area contributed by atoms with Crippen LogP contribution in [0.3, 0.4) is 0 Å². The molecule has 0 radical (unpaired) electrons. The first-order chi connectivity index (χ1) is 8.84. The van der Waals surface area contributed by atoms with Crippen LogP contribution in [0.15, 0.2) is 53.4 Å². The van der Waals surface area contributed by atoms with E-state index in [1.165, 1.54) is 16.5 Å². The number of hydrogen-bond donors (Lipinski definition) is 1. The van der Waals surface area contributed by atoms with E-state index < -0.39 is 0 Å². The Morgan fingerprint density at radius 2 is 1.89 bits per heavy atom. The van der Waals surface area contributed by atoms with Gasteiger partial charge in [0.15, 0.2) is 0 Å². The average molecular weight is 259 g/mol. The first kappa shape index (κ1) is 11.8. The summed E-state index contributed by atoms with van der Waals surface area (Å²) in [4.78, 5) is 1.34. The molecule has 2 aromatic rings. The molecular formula is C15H14FNS. The third-order valence-corrected chi connectivity index (χ3v) is 4.38. The van der Waals surface area contributed by atoms with Gasteiger partial charge in [-0.25, -0.2) is 4.39 Å². The highest BCUT2D eigenvalue weighted by Crippen LogP contribution is 2.37. The zero-order valence-corrected chi connectivity index (χ0v) is 10.7. The number of nitrogens with one attached hydrogen (secondary N) is 1. The van der Waals surface area contributed by atoms with E-state index in [0.717, 1.165) is 11.3 Å². The summed E-state index contributed by atoms with van der Waals surface area (Å²) < 4.78 is 13.5. The van der Waals surface area contributed by atoms with Crippen LogP contribution in [0.1, 0.15) is 17.2 Å². The molecule has 1 N–H and O–H groups in total. The standard InChI is InChI=1S/C15H14FNS/c16-13-7-3-1-5-11(13)9-17-14-10-18-15-8-4-2-6-12(14)15/h1-8,14,17H,9-10H2. The first-order valence-corrected chi connectivity index (χ1v) is 7.01. The van der Waals surface area contributed by atoms with Gasteiger partial charge in [-0.1, -0.05) is 36.4 Å². The van der Waals surface area contributed by atoms with Gasteiger partial charge < -0.3 is 5.32 Å². The van der Waals surface area contributed by atoms with E-state index >= 15 is 0 Å². The van der Waals surface area contributed by atoms with Gasteiger partial charge in [-0.3, -0.25) is 0 Å². The molecular weight excluding hydrogens is 245 g/mol. The van der Waals surface area contributed by atoms with Gasteiger partial charge in [-0.05, 0) is 17.7 Å². The van der Waals surface area contributed by atoms with E-state index in [2.05, 4.69) is 29.6 Å². The monoisotopic (exact) mass is 259 g/mol. The lowest BCUT2D eigenvalue weighted by Crippen LogP contribution is -2.21. The van der Waals surface area contributed by atoms with Crippen LogP contribution in [0.2, 0.25) is 0 Å². The number of benzene rings is 2. The van der Waals surface area contributed by atoms with Gasteiger partial charge in [0.25, 0.3) is 0 Å². The molecule has 0 aliphatic carbocycles. The molecule has 1 atom stereocenters. The van der Waals surface area contributed by atoms with E-state index in [9.17, 15) is 4.39 Å². The maximum Gasteiger partial charge on any atom is 0.127 e. The fourth-order valence-electron chi connectivity index (χ4n) is 2.21. The number of rotatable bonds is 3. The Morgan fingerprint density at radius 1 is 1.11 bits per heavy atom. The van der Waals surface area contributed by atoms with Crippen molar-refractivity contribution in [1.82, 2.24) is 5.32 Å². The molecule has 18 heavy (non-hydrogen) atoms. The lowest BCUT2D eigenvalue weighted by molar-refractivity contribution is 0.550. The summed E-state index contributed by atoms with van der Waals surface area (Å²) >= 11 is 1.86. The van der Waals surface area contributed by atoms with E-state index in [4.69, 9.17) is 0 Å². The smallest absolute Gasteiger partial charge is 0.127 e. The summed E-state index contributed by atoms with van der Waals surface area (Å²) in [7, 11) is 0. The zero-order chi connectivity index (χ0) is 12.4. The Bertz CT molecular complexity index is 556. The van der Waals surface area contributed by atoms with E-state index in [1.807, 2.05) is 23.9 Å². The Labute approximate surface area is 110 Å². The number of fused-ring (bicyclic) bond motifs is 1. The Balaban J connectivity index is 1.71. The van der Waals surface area contributed by atoms with Crippen molar-refractivity contribution in [1.29, 1.82) is 0 Å². The molecule has 0 saturated heterocycles. The van der Waals surface area contributed by atoms with Crippen LogP contribution < -0.4 is 5.32 Å². The van der Waals surface area contributed by atoms with Crippen molar-refractivity contribution in [2.75, 3.05) is 5.75 Å². The Morgan fingerprint density at radius 3 is 2.78 bits per heavy atom. The quantitative estimate of drug-likeness (QED) is 0.900. The molecule has 3 heteroatoms. The summed E-state index contributed by atoms with van der Waals surface area (Å²) in [5.74, 6) is 0.886. The third-order valence-electron chi connectivity index (χ3n) is 3.20. The van der Waals surface area contributed by atoms with Crippen LogP contribution in [0.25, 0.3) is 0 Å². The van der Waals surface area contributed by atoms with Crippen LogP contribution in [0, 0.1) is 5.82 Å². The second-order valence-electron chi connectivity index (χ2n) is 4.37. The van der Waals surface area contributed by atoms with Crippen molar-refractivity contribution < 1.29 is 4.39 Å². The van der Waals surface area contributed by atoms with Crippen LogP contribution in [0.4, 0.5) is 4.39 Å². The molecule has 3 rings (SSSR count). The highest BCUT2D eigenvalue weighted by Gasteiger charge is 2.21. The highest BCUT2D eigenvalue weighted by molar-refractivity contribution is 7.99. The van der Waals surface area contributed by atoms with Crippen molar-refractivity contribution in [3.05, 3.63) is 65.5 Å². The minimum Gasteiger partial charge on any atom is -0.305 e. The van der Waals surface area contributed by atoms with Crippen molar-refractivity contribution in [2.24, 2.45) is 0 Å². The predicted octanol–water partition coefficient (Wildman–Crippen LogP) is 3.76. The fraction of sp³-hybridized carbons (Fsp3) is 0.200. The molecule has 1 aliphatic rings. The Hall–Kier alpha value is -1.32. The lowest BCUT2D eigenvalue weighted by atomic mass is 10.1. The summed E-state index contributed by atoms with van der Waals surface area (Å²) in [5, 5.41) is 3.43. The lowest BCUT2D eigenvalue weighted by Gasteiger charge is -2.13. The van der Waals surface area contributed by atoms with Crippen molar-refractivity contribution in [3.8, 4) is 0 Å². The van der Waals surface area contributed by atoms with Gasteiger partial charge in [0.2, 0.25) is 0 Å². The van der Waals surface area contributed by atoms with Gasteiger partial charge in [0, 0.05) is 28.8 Å². The van der Waals surface area contributed by atoms with Crippen LogP contribution in [0.5, 0.6) is 0 Å². The summed E-state index contributed by atoms with van der Waals surface area (Å²) in [6.45, 7) is 0.576. The van der Waals surface area contributed by atoms with Gasteiger partial charge in [-0.15, -0.1) is 11.8 Å². The normalized spacial score (nSPS) is 17.7. The van der Waals surface area contributed by atoms with E-state index in [-0.39, 0.29) is 5.82 Å². The largest absolute Gasteiger partial charge is 0.305 e. The molecule has 0 amide bonds. The minimum atomic E-state index is -0.135. The highest BCUT2D eigenvalue weighted by atomic mass is 32.2. The molecule has 1 heterocycles. The first-order valence-electron chi connectivity index (χ1n) is 6.03. The number of thioether (sulfide) groups is 1. The minimum absolute atomic E-state index is 0.135. The molecule has 0 saturated carbocycles. The molecule has 1 aliphatic heterocycles. The molecule has 1 nitrogen and oxygen atoms in total. The third kappa shape index (κ3) is 2.28. The number of hydrogen-bond acceptors (Lipinski definition) is 2. The van der Waals surface area contributed by atoms with Crippen molar-refractivity contribution in [2.45, 2.75) is 17.5 Å². The fourth-order valence-corrected chi connectivity index (χ4v) is 3.40. The number of halogens is 1. The summed E-state index contributed by atoms with van der Waals surface area (Å²) in [5.41, 5.74) is 2.06. The SMILES string of the molecule is Fc1ccccc1CNC1CSc2ccccc21. The molecule has 0 fully saturated rings. The van der Waals surface area contributed by atoms with E-state index in [0.29, 0.717) is 12.6 Å². The van der Waals surface area contributed by atoms with Gasteiger partial charge in [0.1, 0.15) is 5.82 Å². The molecule has 0 spiro atoms. The second-order valence-corrected chi connectivity index (χ2v) is 5.44. The molecule has 0 bridgehead atoms. The molecule has 1 unspecified atom stereocenters. The van der Waals surface area contributed by atoms with Gasteiger partial charge >= 0.3 is 0 Å². The molecule has 0 aromatic heterocycles. The maximum absolute atomic E-state index is 13.5. The maximum atomic E-state index is 13.5. The molecule has 92 valence electrons. The predicted molar refractivity (Wildman–Crippen MR) is 73.1 cm³/mol. The summed E-state index contributed by atoms with van der Waals surface area (Å²) in [6.07, 6.45) is 0. The topological polar surface area (TPSA) is 12.0 Å². The molecule has 2 aromatic carbocycles. The van der Waals surface area contributed by atoms with Gasteiger partial charge in [0.05, 0.1) is 0 Å². The summed E-state index contributed by atoms with van der Waals surface area (Å²) in [6, 6.07) is 15.7. The van der Waals surface area contributed by atoms with Crippen LogP contribution >= 0.6 is 11.8 Å². The van der Waals surface area contributed by atoms with E-state index in [1.54, 1.807) is 6.07 Å². The van der Waals surface area contributed by atoms with Gasteiger partial charge in [-0.2, -0.15) is 0 Å². The van der Waals surface area contributed by atoms with Crippen LogP contribution in [-0.4, -0.2) is 5.75 Å². The average Bonchev–Trinajstić information content (AvgIpc) is 2.81. The van der Waals surface area contributed by atoms with Crippen molar-refractivity contribution >= 4 is 11.8 Å². The van der Waals surface area contributed by atoms with Crippen molar-refractivity contribution in [3.63, 3.8) is 0 Å². The Kier molecular flexibility index (Phi) is 3.35.